The van der Waals surface area contributed by atoms with Crippen molar-refractivity contribution in [3.8, 4) is 5.75 Å². The number of nitrogens with one attached hydrogen (secondary N) is 1. The Balaban J connectivity index is 2.44. The molecule has 0 bridgehead atoms. The van der Waals surface area contributed by atoms with Crippen molar-refractivity contribution in [2.75, 3.05) is 6.54 Å². The lowest BCUT2D eigenvalue weighted by atomic mass is 10.1. The molecule has 0 radical (unpaired) electrons. The molecule has 1 amide bonds. The van der Waals surface area contributed by atoms with Gasteiger partial charge in [-0.05, 0) is 41.5 Å². The highest BCUT2D eigenvalue weighted by Crippen LogP contribution is 2.27. The van der Waals surface area contributed by atoms with Crippen LogP contribution < -0.4 is 5.32 Å². The van der Waals surface area contributed by atoms with Gasteiger partial charge in [-0.1, -0.05) is 28.9 Å². The van der Waals surface area contributed by atoms with E-state index < -0.39 is 0 Å². The molecule has 0 fully saturated rings. The smallest absolute Gasteiger partial charge is 0.255 e. The largest absolute Gasteiger partial charge is 0.507 e. The van der Waals surface area contributed by atoms with E-state index in [-0.39, 0.29) is 11.7 Å². The zero-order valence-corrected chi connectivity index (χ0v) is 11.6. The summed E-state index contributed by atoms with van der Waals surface area (Å²) in [5, 5.41) is 14.5. The summed E-state index contributed by atoms with van der Waals surface area (Å²) < 4.78 is 0.945. The molecular weight excluding hydrogens is 294 g/mol. The molecule has 18 heavy (non-hydrogen) atoms. The maximum atomic E-state index is 11.9. The van der Waals surface area contributed by atoms with Crippen LogP contribution in [0.5, 0.6) is 5.75 Å². The van der Waals surface area contributed by atoms with Gasteiger partial charge in [0.2, 0.25) is 0 Å². The van der Waals surface area contributed by atoms with E-state index in [4.69, 9.17) is 0 Å². The highest BCUT2D eigenvalue weighted by atomic mass is 79.9. The van der Waals surface area contributed by atoms with Crippen molar-refractivity contribution < 1.29 is 9.90 Å². The average Bonchev–Trinajstić information content (AvgIpc) is 2.35. The number of phenols is 1. The third-order valence-corrected chi connectivity index (χ3v) is 3.19. The Morgan fingerprint density at radius 3 is 2.78 bits per heavy atom. The second-order valence-electron chi connectivity index (χ2n) is 4.12. The maximum Gasteiger partial charge on any atom is 0.255 e. The van der Waals surface area contributed by atoms with Crippen LogP contribution in [0.15, 0.2) is 34.8 Å². The number of aromatic hydroxyl groups is 1. The van der Waals surface area contributed by atoms with E-state index in [0.717, 1.165) is 21.7 Å². The summed E-state index contributed by atoms with van der Waals surface area (Å²) in [5.74, 6) is -0.227. The number of hydrogen-bond acceptors (Lipinski definition) is 2. The first-order chi connectivity index (χ1) is 8.61. The minimum absolute atomic E-state index is 0.0124. The molecule has 0 aliphatic carbocycles. The van der Waals surface area contributed by atoms with Gasteiger partial charge >= 0.3 is 0 Å². The van der Waals surface area contributed by atoms with E-state index in [9.17, 15) is 9.90 Å². The van der Waals surface area contributed by atoms with Gasteiger partial charge < -0.3 is 10.4 Å². The van der Waals surface area contributed by atoms with Crippen molar-refractivity contribution in [3.63, 3.8) is 0 Å². The van der Waals surface area contributed by atoms with Crippen molar-refractivity contribution in [1.29, 1.82) is 0 Å². The zero-order chi connectivity index (χ0) is 13.1. The van der Waals surface area contributed by atoms with Crippen molar-refractivity contribution in [3.05, 3.63) is 40.4 Å². The summed E-state index contributed by atoms with van der Waals surface area (Å²) in [6.07, 6.45) is 0.867. The molecule has 2 aromatic rings. The molecule has 94 valence electrons. The molecule has 0 saturated carbocycles. The molecule has 0 heterocycles. The molecular formula is C14H14BrNO2. The minimum atomic E-state index is -0.240. The lowest BCUT2D eigenvalue weighted by molar-refractivity contribution is 0.0951. The van der Waals surface area contributed by atoms with Gasteiger partial charge in [0, 0.05) is 11.0 Å². The molecule has 2 aromatic carbocycles. The fourth-order valence-electron chi connectivity index (χ4n) is 1.77. The summed E-state index contributed by atoms with van der Waals surface area (Å²) in [6, 6.07) is 9.04. The van der Waals surface area contributed by atoms with Crippen LogP contribution >= 0.6 is 15.9 Å². The third-order valence-electron chi connectivity index (χ3n) is 2.70. The number of fused-ring (bicyclic) bond motifs is 1. The van der Waals surface area contributed by atoms with Gasteiger partial charge in [0.15, 0.2) is 0 Å². The van der Waals surface area contributed by atoms with E-state index in [0.29, 0.717) is 12.1 Å². The van der Waals surface area contributed by atoms with Crippen molar-refractivity contribution >= 4 is 32.6 Å². The van der Waals surface area contributed by atoms with Crippen LogP contribution in [-0.4, -0.2) is 17.6 Å². The Kier molecular flexibility index (Phi) is 3.87. The molecule has 0 unspecified atom stereocenters. The van der Waals surface area contributed by atoms with Crippen molar-refractivity contribution in [2.45, 2.75) is 13.3 Å². The molecule has 0 aromatic heterocycles. The molecule has 0 spiro atoms. The van der Waals surface area contributed by atoms with Crippen molar-refractivity contribution in [2.24, 2.45) is 0 Å². The van der Waals surface area contributed by atoms with E-state index in [1.807, 2.05) is 25.1 Å². The molecule has 0 atom stereocenters. The Morgan fingerprint density at radius 2 is 2.06 bits per heavy atom. The number of benzene rings is 2. The first kappa shape index (κ1) is 12.9. The van der Waals surface area contributed by atoms with Gasteiger partial charge in [0.05, 0.1) is 5.56 Å². The van der Waals surface area contributed by atoms with E-state index in [1.165, 1.54) is 0 Å². The maximum absolute atomic E-state index is 11.9. The molecule has 3 nitrogen and oxygen atoms in total. The Morgan fingerprint density at radius 1 is 1.28 bits per heavy atom. The van der Waals surface area contributed by atoms with Crippen LogP contribution in [0, 0.1) is 0 Å². The molecule has 0 aliphatic rings. The number of phenolic OH excluding ortho intramolecular Hbond substituents is 1. The van der Waals surface area contributed by atoms with E-state index >= 15 is 0 Å². The highest BCUT2D eigenvalue weighted by molar-refractivity contribution is 9.10. The topological polar surface area (TPSA) is 49.3 Å². The van der Waals surface area contributed by atoms with Crippen LogP contribution in [0.25, 0.3) is 10.8 Å². The van der Waals surface area contributed by atoms with Crippen LogP contribution in [0.3, 0.4) is 0 Å². The van der Waals surface area contributed by atoms with E-state index in [1.54, 1.807) is 12.1 Å². The average molecular weight is 308 g/mol. The first-order valence-corrected chi connectivity index (χ1v) is 6.61. The minimum Gasteiger partial charge on any atom is -0.507 e. The van der Waals surface area contributed by atoms with Gasteiger partial charge in [-0.3, -0.25) is 4.79 Å². The summed E-state index contributed by atoms with van der Waals surface area (Å²) >= 11 is 3.39. The van der Waals surface area contributed by atoms with Gasteiger partial charge in [0.25, 0.3) is 5.91 Å². The number of carbonyl (C=O) groups excluding carboxylic acids is 1. The van der Waals surface area contributed by atoms with Crippen molar-refractivity contribution in [1.82, 2.24) is 5.32 Å². The molecule has 2 rings (SSSR count). The summed E-state index contributed by atoms with van der Waals surface area (Å²) in [4.78, 5) is 11.9. The molecule has 2 N–H and O–H groups in total. The summed E-state index contributed by atoms with van der Waals surface area (Å²) in [5.41, 5.74) is 0.314. The Labute approximate surface area is 114 Å². The SMILES string of the molecule is CCCNC(=O)c1cc2cc(Br)ccc2cc1O. The molecule has 0 saturated heterocycles. The van der Waals surface area contributed by atoms with Gasteiger partial charge in [-0.15, -0.1) is 0 Å². The quantitative estimate of drug-likeness (QED) is 0.912. The fraction of sp³-hybridized carbons (Fsp3) is 0.214. The predicted molar refractivity (Wildman–Crippen MR) is 75.9 cm³/mol. The monoisotopic (exact) mass is 307 g/mol. The standard InChI is InChI=1S/C14H14BrNO2/c1-2-5-16-14(18)12-7-10-6-11(15)4-3-9(10)8-13(12)17/h3-4,6-8,17H,2,5H2,1H3,(H,16,18). The number of hydrogen-bond donors (Lipinski definition) is 2. The van der Waals surface area contributed by atoms with Crippen LogP contribution in [0.4, 0.5) is 0 Å². The van der Waals surface area contributed by atoms with Crippen LogP contribution in [0.1, 0.15) is 23.7 Å². The highest BCUT2D eigenvalue weighted by Gasteiger charge is 2.11. The van der Waals surface area contributed by atoms with Gasteiger partial charge in [0.1, 0.15) is 5.75 Å². The number of amides is 1. The predicted octanol–water partition coefficient (Wildman–Crippen LogP) is 3.45. The second-order valence-corrected chi connectivity index (χ2v) is 5.03. The van der Waals surface area contributed by atoms with Gasteiger partial charge in [-0.2, -0.15) is 0 Å². The van der Waals surface area contributed by atoms with Crippen LogP contribution in [0.2, 0.25) is 0 Å². The number of carbonyl (C=O) groups is 1. The number of rotatable bonds is 3. The zero-order valence-electron chi connectivity index (χ0n) is 10.0. The lowest BCUT2D eigenvalue weighted by Gasteiger charge is -2.08. The fourth-order valence-corrected chi connectivity index (χ4v) is 2.15. The third kappa shape index (κ3) is 2.64. The molecule has 4 heteroatoms. The lowest BCUT2D eigenvalue weighted by Crippen LogP contribution is -2.23. The Bertz CT molecular complexity index is 596. The Hall–Kier alpha value is -1.55. The first-order valence-electron chi connectivity index (χ1n) is 5.82. The summed E-state index contributed by atoms with van der Waals surface area (Å²) in [6.45, 7) is 2.59. The van der Waals surface area contributed by atoms with Gasteiger partial charge in [-0.25, -0.2) is 0 Å². The van der Waals surface area contributed by atoms with Crippen LogP contribution in [-0.2, 0) is 0 Å². The summed E-state index contributed by atoms with van der Waals surface area (Å²) in [7, 11) is 0. The number of halogens is 1. The normalized spacial score (nSPS) is 10.6. The molecule has 0 aliphatic heterocycles. The second kappa shape index (κ2) is 5.40. The van der Waals surface area contributed by atoms with E-state index in [2.05, 4.69) is 21.2 Å².